The SMILES string of the molecule is O=C([C@@H]1[C@@H]2C=C[C@@]3(CN(CCOc4ccccc4)C(=O)[C@H]13)O2)N1CCC(F)CC1. The molecule has 4 aliphatic heterocycles. The van der Waals surface area contributed by atoms with Gasteiger partial charge in [-0.15, -0.1) is 0 Å². The number of amides is 2. The summed E-state index contributed by atoms with van der Waals surface area (Å²) in [5.41, 5.74) is -0.715. The summed E-state index contributed by atoms with van der Waals surface area (Å²) in [5, 5.41) is 0. The van der Waals surface area contributed by atoms with Crippen LogP contribution in [0, 0.1) is 11.8 Å². The van der Waals surface area contributed by atoms with E-state index >= 15 is 0 Å². The van der Waals surface area contributed by atoms with E-state index < -0.39 is 23.6 Å². The van der Waals surface area contributed by atoms with Crippen molar-refractivity contribution in [3.05, 3.63) is 42.5 Å². The molecule has 1 aromatic carbocycles. The number of fused-ring (bicyclic) bond motifs is 1. The Balaban J connectivity index is 1.27. The number of carbonyl (C=O) groups is 2. The van der Waals surface area contributed by atoms with Gasteiger partial charge in [-0.2, -0.15) is 0 Å². The van der Waals surface area contributed by atoms with E-state index in [1.165, 1.54) is 0 Å². The van der Waals surface area contributed by atoms with Gasteiger partial charge in [0.1, 0.15) is 24.1 Å². The van der Waals surface area contributed by atoms with Gasteiger partial charge in [0.05, 0.1) is 31.0 Å². The Kier molecular flexibility index (Phi) is 4.57. The highest BCUT2D eigenvalue weighted by Crippen LogP contribution is 2.52. The van der Waals surface area contributed by atoms with Gasteiger partial charge in [0.15, 0.2) is 0 Å². The minimum absolute atomic E-state index is 0.0489. The third-order valence-electron chi connectivity index (χ3n) is 6.57. The molecule has 4 heterocycles. The Hall–Kier alpha value is -2.41. The van der Waals surface area contributed by atoms with Crippen LogP contribution in [-0.4, -0.2) is 72.3 Å². The van der Waals surface area contributed by atoms with Crippen LogP contribution in [0.5, 0.6) is 5.75 Å². The second-order valence-corrected chi connectivity index (χ2v) is 8.32. The predicted molar refractivity (Wildman–Crippen MR) is 103 cm³/mol. The molecule has 4 atom stereocenters. The molecule has 6 nitrogen and oxygen atoms in total. The molecule has 2 bridgehead atoms. The largest absolute Gasteiger partial charge is 0.492 e. The smallest absolute Gasteiger partial charge is 0.230 e. The Morgan fingerprint density at radius 1 is 1.24 bits per heavy atom. The lowest BCUT2D eigenvalue weighted by Crippen LogP contribution is -2.48. The van der Waals surface area contributed by atoms with Gasteiger partial charge in [-0.1, -0.05) is 30.4 Å². The predicted octanol–water partition coefficient (Wildman–Crippen LogP) is 1.81. The summed E-state index contributed by atoms with van der Waals surface area (Å²) in [6, 6.07) is 9.48. The van der Waals surface area contributed by atoms with Crippen LogP contribution in [0.3, 0.4) is 0 Å². The second kappa shape index (κ2) is 7.13. The minimum Gasteiger partial charge on any atom is -0.492 e. The van der Waals surface area contributed by atoms with Gasteiger partial charge in [0.25, 0.3) is 0 Å². The average Bonchev–Trinajstić information content (AvgIpc) is 3.37. The molecule has 2 amide bonds. The minimum atomic E-state index is -0.838. The molecule has 0 aliphatic carbocycles. The molecule has 29 heavy (non-hydrogen) atoms. The van der Waals surface area contributed by atoms with E-state index in [1.54, 1.807) is 9.80 Å². The molecule has 3 saturated heterocycles. The second-order valence-electron chi connectivity index (χ2n) is 8.32. The molecule has 0 aromatic heterocycles. The maximum Gasteiger partial charge on any atom is 0.230 e. The zero-order valence-corrected chi connectivity index (χ0v) is 16.2. The molecule has 1 aromatic rings. The van der Waals surface area contributed by atoms with E-state index in [1.807, 2.05) is 42.5 Å². The quantitative estimate of drug-likeness (QED) is 0.708. The Bertz CT molecular complexity index is 823. The number of likely N-dealkylation sites (tertiary alicyclic amines) is 2. The van der Waals surface area contributed by atoms with Gasteiger partial charge >= 0.3 is 0 Å². The van der Waals surface area contributed by atoms with Crippen LogP contribution in [0.2, 0.25) is 0 Å². The van der Waals surface area contributed by atoms with E-state index in [4.69, 9.17) is 9.47 Å². The fraction of sp³-hybridized carbons (Fsp3) is 0.545. The molecular weight excluding hydrogens is 375 g/mol. The number of ether oxygens (including phenoxy) is 2. The summed E-state index contributed by atoms with van der Waals surface area (Å²) in [4.78, 5) is 29.8. The molecule has 0 unspecified atom stereocenters. The van der Waals surface area contributed by atoms with Gasteiger partial charge in [-0.05, 0) is 25.0 Å². The Morgan fingerprint density at radius 3 is 2.76 bits per heavy atom. The first-order valence-electron chi connectivity index (χ1n) is 10.3. The molecule has 3 fully saturated rings. The van der Waals surface area contributed by atoms with Crippen molar-refractivity contribution >= 4 is 11.8 Å². The van der Waals surface area contributed by atoms with Gasteiger partial charge in [0, 0.05) is 13.1 Å². The third kappa shape index (κ3) is 3.12. The molecule has 0 radical (unpaired) electrons. The normalized spacial score (nSPS) is 33.4. The van der Waals surface area contributed by atoms with Crippen molar-refractivity contribution in [2.75, 3.05) is 32.8 Å². The number of benzene rings is 1. The van der Waals surface area contributed by atoms with Crippen LogP contribution < -0.4 is 4.74 Å². The molecule has 0 saturated carbocycles. The molecule has 4 aliphatic rings. The van der Waals surface area contributed by atoms with E-state index in [0.29, 0.717) is 45.6 Å². The van der Waals surface area contributed by atoms with Crippen LogP contribution >= 0.6 is 0 Å². The van der Waals surface area contributed by atoms with Crippen molar-refractivity contribution in [2.45, 2.75) is 30.7 Å². The molecule has 5 rings (SSSR count). The maximum atomic E-state index is 13.5. The van der Waals surface area contributed by atoms with E-state index in [2.05, 4.69) is 0 Å². The number of alkyl halides is 1. The van der Waals surface area contributed by atoms with Gasteiger partial charge < -0.3 is 19.3 Å². The monoisotopic (exact) mass is 400 g/mol. The van der Waals surface area contributed by atoms with Gasteiger partial charge in [-0.3, -0.25) is 9.59 Å². The number of hydrogen-bond acceptors (Lipinski definition) is 4. The van der Waals surface area contributed by atoms with Crippen molar-refractivity contribution in [2.24, 2.45) is 11.8 Å². The summed E-state index contributed by atoms with van der Waals surface area (Å²) < 4.78 is 25.4. The zero-order chi connectivity index (χ0) is 20.0. The van der Waals surface area contributed by atoms with E-state index in [9.17, 15) is 14.0 Å². The van der Waals surface area contributed by atoms with Crippen LogP contribution in [0.4, 0.5) is 4.39 Å². The van der Waals surface area contributed by atoms with Gasteiger partial charge in [-0.25, -0.2) is 4.39 Å². The number of piperidine rings is 1. The summed E-state index contributed by atoms with van der Waals surface area (Å²) in [5.74, 6) is -0.367. The maximum absolute atomic E-state index is 13.5. The molecule has 154 valence electrons. The number of hydrogen-bond donors (Lipinski definition) is 0. The van der Waals surface area contributed by atoms with Crippen LogP contribution in [0.1, 0.15) is 12.8 Å². The van der Waals surface area contributed by atoms with Crippen molar-refractivity contribution < 1.29 is 23.5 Å². The van der Waals surface area contributed by atoms with Crippen LogP contribution in [-0.2, 0) is 14.3 Å². The molecule has 7 heteroatoms. The highest BCUT2D eigenvalue weighted by atomic mass is 19.1. The lowest BCUT2D eigenvalue weighted by atomic mass is 9.76. The topological polar surface area (TPSA) is 59.1 Å². The van der Waals surface area contributed by atoms with E-state index in [0.717, 1.165) is 5.75 Å². The summed E-state index contributed by atoms with van der Waals surface area (Å²) >= 11 is 0. The molecule has 1 spiro atoms. The number of carbonyl (C=O) groups excluding carboxylic acids is 2. The fourth-order valence-corrected chi connectivity index (χ4v) is 5.12. The fourth-order valence-electron chi connectivity index (χ4n) is 5.12. The lowest BCUT2D eigenvalue weighted by Gasteiger charge is -2.33. The van der Waals surface area contributed by atoms with Crippen molar-refractivity contribution in [1.82, 2.24) is 9.80 Å². The lowest BCUT2D eigenvalue weighted by molar-refractivity contribution is -0.144. The van der Waals surface area contributed by atoms with Crippen LogP contribution in [0.25, 0.3) is 0 Å². The summed E-state index contributed by atoms with van der Waals surface area (Å²) in [6.45, 7) is 2.10. The third-order valence-corrected chi connectivity index (χ3v) is 6.57. The number of rotatable bonds is 5. The number of para-hydroxylation sites is 1. The van der Waals surface area contributed by atoms with Crippen molar-refractivity contribution in [3.8, 4) is 5.75 Å². The highest BCUT2D eigenvalue weighted by Gasteiger charge is 2.67. The van der Waals surface area contributed by atoms with Crippen molar-refractivity contribution in [3.63, 3.8) is 0 Å². The zero-order valence-electron chi connectivity index (χ0n) is 16.2. The molecular formula is C22H25FN2O4. The van der Waals surface area contributed by atoms with Gasteiger partial charge in [0.2, 0.25) is 11.8 Å². The molecule has 0 N–H and O–H groups in total. The number of nitrogens with zero attached hydrogens (tertiary/aromatic N) is 2. The van der Waals surface area contributed by atoms with E-state index in [-0.39, 0.29) is 17.9 Å². The van der Waals surface area contributed by atoms with Crippen molar-refractivity contribution in [1.29, 1.82) is 0 Å². The standard InChI is InChI=1S/C22H25FN2O4/c23-15-7-10-24(11-8-15)20(26)18-17-6-9-22(29-17)14-25(21(27)19(18)22)12-13-28-16-4-2-1-3-5-16/h1-6,9,15,17-19H,7-8,10-14H2/t17-,18+,19-,22-/m0/s1. The Morgan fingerprint density at radius 2 is 2.00 bits per heavy atom. The Labute approximate surface area is 169 Å². The van der Waals surface area contributed by atoms with Crippen LogP contribution in [0.15, 0.2) is 42.5 Å². The summed E-state index contributed by atoms with van der Waals surface area (Å²) in [7, 11) is 0. The number of halogens is 1. The average molecular weight is 400 g/mol. The first-order valence-corrected chi connectivity index (χ1v) is 10.3. The first kappa shape index (κ1) is 18.6. The summed E-state index contributed by atoms with van der Waals surface area (Å²) in [6.07, 6.45) is 3.41. The first-order chi connectivity index (χ1) is 14.1. The highest BCUT2D eigenvalue weighted by molar-refractivity contribution is 5.93.